The number of anilines is 5. The van der Waals surface area contributed by atoms with E-state index >= 15 is 0 Å². The van der Waals surface area contributed by atoms with E-state index < -0.39 is 0 Å². The van der Waals surface area contributed by atoms with Crippen LogP contribution in [-0.2, 0) is 0 Å². The number of benzene rings is 3. The van der Waals surface area contributed by atoms with Gasteiger partial charge in [0.1, 0.15) is 11.5 Å². The molecular formula is C24H23N7O3. The van der Waals surface area contributed by atoms with Crippen molar-refractivity contribution in [3.05, 3.63) is 84.4 Å². The fourth-order valence-corrected chi connectivity index (χ4v) is 2.95. The molecule has 0 aliphatic carbocycles. The third-order valence-corrected chi connectivity index (χ3v) is 4.63. The van der Waals surface area contributed by atoms with Gasteiger partial charge in [-0.3, -0.25) is 15.6 Å². The van der Waals surface area contributed by atoms with Crippen LogP contribution in [0.4, 0.5) is 29.2 Å². The van der Waals surface area contributed by atoms with Crippen LogP contribution in [0.2, 0.25) is 0 Å². The fourth-order valence-electron chi connectivity index (χ4n) is 2.95. The smallest absolute Gasteiger partial charge is 0.269 e. The van der Waals surface area contributed by atoms with Gasteiger partial charge >= 0.3 is 0 Å². The normalized spacial score (nSPS) is 10.2. The molecule has 0 saturated heterocycles. The summed E-state index contributed by atoms with van der Waals surface area (Å²) in [6.07, 6.45) is 0. The monoisotopic (exact) mass is 457 g/mol. The molecular weight excluding hydrogens is 434 g/mol. The van der Waals surface area contributed by atoms with Gasteiger partial charge in [0.15, 0.2) is 0 Å². The van der Waals surface area contributed by atoms with Crippen molar-refractivity contribution in [2.24, 2.45) is 0 Å². The number of carbonyl (C=O) groups excluding carboxylic acids is 1. The fraction of sp³-hybridized carbons (Fsp3) is 0.0833. The van der Waals surface area contributed by atoms with Gasteiger partial charge in [0, 0.05) is 23.0 Å². The molecule has 0 aliphatic rings. The molecule has 34 heavy (non-hydrogen) atoms. The standard InChI is InChI=1S/C24H23N7O3/c1-33-19-13-11-17(12-14-19)25-22-27-23(26-18-9-6-10-20(15-18)34-2)29-24(28-22)31-30-21(32)16-7-4-3-5-8-16/h3-15H,1-2H3,(H,30,32)(H3,25,26,27,28,29,31). The lowest BCUT2D eigenvalue weighted by atomic mass is 10.2. The minimum absolute atomic E-state index is 0.140. The number of hydrazine groups is 1. The zero-order chi connectivity index (χ0) is 23.8. The molecule has 0 radical (unpaired) electrons. The molecule has 1 aromatic heterocycles. The van der Waals surface area contributed by atoms with E-state index in [2.05, 4.69) is 36.4 Å². The molecule has 0 saturated carbocycles. The maximum absolute atomic E-state index is 12.4. The Morgan fingerprint density at radius 2 is 1.32 bits per heavy atom. The van der Waals surface area contributed by atoms with E-state index in [4.69, 9.17) is 9.47 Å². The predicted molar refractivity (Wildman–Crippen MR) is 130 cm³/mol. The molecule has 3 aromatic carbocycles. The Hall–Kier alpha value is -4.86. The minimum atomic E-state index is -0.326. The van der Waals surface area contributed by atoms with Crippen molar-refractivity contribution >= 4 is 35.1 Å². The van der Waals surface area contributed by atoms with Gasteiger partial charge in [0.05, 0.1) is 14.2 Å². The van der Waals surface area contributed by atoms with Gasteiger partial charge in [-0.05, 0) is 48.5 Å². The molecule has 0 atom stereocenters. The van der Waals surface area contributed by atoms with Crippen molar-refractivity contribution in [3.63, 3.8) is 0 Å². The van der Waals surface area contributed by atoms with Crippen molar-refractivity contribution in [1.29, 1.82) is 0 Å². The molecule has 0 spiro atoms. The summed E-state index contributed by atoms with van der Waals surface area (Å²) in [6.45, 7) is 0. The summed E-state index contributed by atoms with van der Waals surface area (Å²) in [5.74, 6) is 1.75. The molecule has 1 amide bonds. The van der Waals surface area contributed by atoms with Crippen molar-refractivity contribution in [2.75, 3.05) is 30.3 Å². The summed E-state index contributed by atoms with van der Waals surface area (Å²) >= 11 is 0. The second-order valence-corrected chi connectivity index (χ2v) is 6.96. The molecule has 0 fully saturated rings. The summed E-state index contributed by atoms with van der Waals surface area (Å²) in [6, 6.07) is 23.5. The Morgan fingerprint density at radius 3 is 2.00 bits per heavy atom. The van der Waals surface area contributed by atoms with Gasteiger partial charge < -0.3 is 20.1 Å². The second-order valence-electron chi connectivity index (χ2n) is 6.96. The van der Waals surface area contributed by atoms with Crippen molar-refractivity contribution in [3.8, 4) is 11.5 Å². The van der Waals surface area contributed by atoms with Crippen LogP contribution in [-0.4, -0.2) is 35.1 Å². The van der Waals surface area contributed by atoms with E-state index in [0.29, 0.717) is 11.3 Å². The van der Waals surface area contributed by atoms with Gasteiger partial charge in [-0.2, -0.15) is 15.0 Å². The second kappa shape index (κ2) is 10.6. The SMILES string of the molecule is COc1ccc(Nc2nc(NNC(=O)c3ccccc3)nc(Nc3cccc(OC)c3)n2)cc1. The minimum Gasteiger partial charge on any atom is -0.497 e. The van der Waals surface area contributed by atoms with E-state index in [1.54, 1.807) is 38.5 Å². The van der Waals surface area contributed by atoms with Crippen LogP contribution in [0.15, 0.2) is 78.9 Å². The Bertz CT molecular complexity index is 1250. The van der Waals surface area contributed by atoms with Crippen LogP contribution in [0, 0.1) is 0 Å². The highest BCUT2D eigenvalue weighted by atomic mass is 16.5. The highest BCUT2D eigenvalue weighted by Gasteiger charge is 2.10. The zero-order valence-electron chi connectivity index (χ0n) is 18.6. The van der Waals surface area contributed by atoms with Crippen LogP contribution < -0.4 is 31.0 Å². The number of aromatic nitrogens is 3. The number of methoxy groups -OCH3 is 2. The van der Waals surface area contributed by atoms with Crippen LogP contribution in [0.5, 0.6) is 11.5 Å². The number of amides is 1. The molecule has 4 rings (SSSR count). The van der Waals surface area contributed by atoms with Crippen molar-refractivity contribution in [2.45, 2.75) is 0 Å². The Labute approximate surface area is 196 Å². The van der Waals surface area contributed by atoms with Crippen LogP contribution in [0.3, 0.4) is 0 Å². The quantitative estimate of drug-likeness (QED) is 0.275. The van der Waals surface area contributed by atoms with Gasteiger partial charge in [0.25, 0.3) is 5.91 Å². The lowest BCUT2D eigenvalue weighted by molar-refractivity contribution is 0.0962. The molecule has 172 valence electrons. The number of nitrogens with zero attached hydrogens (tertiary/aromatic N) is 3. The van der Waals surface area contributed by atoms with Crippen LogP contribution in [0.25, 0.3) is 0 Å². The molecule has 4 aromatic rings. The predicted octanol–water partition coefficient (Wildman–Crippen LogP) is 4.13. The number of rotatable bonds is 9. The lowest BCUT2D eigenvalue weighted by Gasteiger charge is -2.12. The van der Waals surface area contributed by atoms with Crippen molar-refractivity contribution < 1.29 is 14.3 Å². The molecule has 1 heterocycles. The highest BCUT2D eigenvalue weighted by Crippen LogP contribution is 2.22. The third-order valence-electron chi connectivity index (χ3n) is 4.63. The largest absolute Gasteiger partial charge is 0.497 e. The van der Waals surface area contributed by atoms with Gasteiger partial charge in [-0.25, -0.2) is 0 Å². The number of carbonyl (C=O) groups is 1. The molecule has 4 N–H and O–H groups in total. The van der Waals surface area contributed by atoms with Gasteiger partial charge in [0.2, 0.25) is 17.8 Å². The van der Waals surface area contributed by atoms with Crippen molar-refractivity contribution in [1.82, 2.24) is 20.4 Å². The number of nitrogens with one attached hydrogen (secondary N) is 4. The summed E-state index contributed by atoms with van der Waals surface area (Å²) < 4.78 is 10.5. The average Bonchev–Trinajstić information content (AvgIpc) is 2.88. The Kier molecular flexibility index (Phi) is 6.99. The maximum Gasteiger partial charge on any atom is 0.269 e. The number of ether oxygens (including phenoxy) is 2. The van der Waals surface area contributed by atoms with E-state index in [0.717, 1.165) is 17.1 Å². The molecule has 10 nitrogen and oxygen atoms in total. The number of hydrogen-bond acceptors (Lipinski definition) is 9. The zero-order valence-corrected chi connectivity index (χ0v) is 18.6. The van der Waals surface area contributed by atoms with Gasteiger partial charge in [-0.15, -0.1) is 0 Å². The Balaban J connectivity index is 1.57. The first-order valence-corrected chi connectivity index (χ1v) is 10.3. The molecule has 0 bridgehead atoms. The first kappa shape index (κ1) is 22.3. The average molecular weight is 457 g/mol. The first-order valence-electron chi connectivity index (χ1n) is 10.3. The molecule has 0 aliphatic heterocycles. The summed E-state index contributed by atoms with van der Waals surface area (Å²) in [7, 11) is 3.20. The Morgan fingerprint density at radius 1 is 0.676 bits per heavy atom. The van der Waals surface area contributed by atoms with E-state index in [1.165, 1.54) is 0 Å². The summed E-state index contributed by atoms with van der Waals surface area (Å²) in [5, 5.41) is 6.26. The van der Waals surface area contributed by atoms with E-state index in [-0.39, 0.29) is 23.8 Å². The lowest BCUT2D eigenvalue weighted by Crippen LogP contribution is -2.30. The molecule has 10 heteroatoms. The number of hydrogen-bond donors (Lipinski definition) is 4. The summed E-state index contributed by atoms with van der Waals surface area (Å²) in [4.78, 5) is 25.6. The van der Waals surface area contributed by atoms with E-state index in [9.17, 15) is 4.79 Å². The van der Waals surface area contributed by atoms with Crippen LogP contribution >= 0.6 is 0 Å². The van der Waals surface area contributed by atoms with Crippen LogP contribution in [0.1, 0.15) is 10.4 Å². The first-order chi connectivity index (χ1) is 16.6. The van der Waals surface area contributed by atoms with E-state index in [1.807, 2.05) is 54.6 Å². The summed E-state index contributed by atoms with van der Waals surface area (Å²) in [5.41, 5.74) is 7.31. The topological polar surface area (TPSA) is 122 Å². The van der Waals surface area contributed by atoms with Gasteiger partial charge in [-0.1, -0.05) is 24.3 Å². The third kappa shape index (κ3) is 5.88. The molecule has 0 unspecified atom stereocenters. The maximum atomic E-state index is 12.4. The highest BCUT2D eigenvalue weighted by molar-refractivity contribution is 5.94.